The number of nitrogens with zero attached hydrogens (tertiary/aromatic N) is 2. The minimum Gasteiger partial charge on any atom is -0.371 e. The Morgan fingerprint density at radius 1 is 1.20 bits per heavy atom. The first-order chi connectivity index (χ1) is 9.67. The second-order valence-corrected chi connectivity index (χ2v) is 5.47. The molecule has 0 bridgehead atoms. The van der Waals surface area contributed by atoms with Crippen molar-refractivity contribution in [2.24, 2.45) is 0 Å². The summed E-state index contributed by atoms with van der Waals surface area (Å²) in [6.07, 6.45) is 3.23. The van der Waals surface area contributed by atoms with Crippen LogP contribution in [0.15, 0.2) is 30.3 Å². The van der Waals surface area contributed by atoms with Crippen LogP contribution in [0.3, 0.4) is 0 Å². The van der Waals surface area contributed by atoms with Gasteiger partial charge in [0.2, 0.25) is 0 Å². The van der Waals surface area contributed by atoms with Gasteiger partial charge in [-0.05, 0) is 38.8 Å². The second-order valence-electron chi connectivity index (χ2n) is 5.47. The number of unbranched alkanes of at least 4 members (excludes halogenated alkanes) is 1. The summed E-state index contributed by atoms with van der Waals surface area (Å²) in [5, 5.41) is 12.5. The van der Waals surface area contributed by atoms with E-state index in [2.05, 4.69) is 61.3 Å². The van der Waals surface area contributed by atoms with E-state index in [9.17, 15) is 5.26 Å². The molecule has 0 radical (unpaired) electrons. The van der Waals surface area contributed by atoms with E-state index in [0.717, 1.165) is 19.5 Å². The molecule has 110 valence electrons. The maximum absolute atomic E-state index is 9.20. The highest BCUT2D eigenvalue weighted by Gasteiger charge is 2.12. The Labute approximate surface area is 123 Å². The van der Waals surface area contributed by atoms with Gasteiger partial charge in [-0.15, -0.1) is 0 Å². The summed E-state index contributed by atoms with van der Waals surface area (Å²) in [5.74, 6) is 0. The fourth-order valence-corrected chi connectivity index (χ4v) is 2.23. The van der Waals surface area contributed by atoms with E-state index >= 15 is 0 Å². The first kappa shape index (κ1) is 16.5. The lowest BCUT2D eigenvalue weighted by Gasteiger charge is -2.26. The predicted molar refractivity (Wildman–Crippen MR) is 85.9 cm³/mol. The number of nitrogens with one attached hydrogen (secondary N) is 1. The zero-order valence-electron chi connectivity index (χ0n) is 13.0. The first-order valence-corrected chi connectivity index (χ1v) is 7.63. The molecule has 0 aliphatic heterocycles. The molecule has 0 aromatic heterocycles. The second kappa shape index (κ2) is 9.39. The van der Waals surface area contributed by atoms with Crippen molar-refractivity contribution in [1.29, 1.82) is 5.26 Å². The van der Waals surface area contributed by atoms with Crippen molar-refractivity contribution in [3.63, 3.8) is 0 Å². The van der Waals surface area contributed by atoms with Gasteiger partial charge in [-0.25, -0.2) is 0 Å². The van der Waals surface area contributed by atoms with Gasteiger partial charge in [-0.2, -0.15) is 5.26 Å². The first-order valence-electron chi connectivity index (χ1n) is 7.63. The van der Waals surface area contributed by atoms with Gasteiger partial charge in [0.15, 0.2) is 0 Å². The van der Waals surface area contributed by atoms with Gasteiger partial charge in [0.25, 0.3) is 0 Å². The van der Waals surface area contributed by atoms with Gasteiger partial charge < -0.3 is 4.90 Å². The number of hydrogen-bond acceptors (Lipinski definition) is 3. The molecule has 0 saturated carbocycles. The molecule has 20 heavy (non-hydrogen) atoms. The third-order valence-electron chi connectivity index (χ3n) is 3.28. The standard InChI is InChI=1S/C17H27N3/c1-4-5-12-20(17-9-7-6-8-10-17)13-11-16(14-18)19-15(2)3/h6-10,15-16,19H,4-5,11-13H2,1-3H3. The average molecular weight is 273 g/mol. The highest BCUT2D eigenvalue weighted by molar-refractivity contribution is 5.45. The summed E-state index contributed by atoms with van der Waals surface area (Å²) in [4.78, 5) is 2.38. The van der Waals surface area contributed by atoms with Crippen LogP contribution >= 0.6 is 0 Å². The molecular weight excluding hydrogens is 246 g/mol. The summed E-state index contributed by atoms with van der Waals surface area (Å²) < 4.78 is 0. The summed E-state index contributed by atoms with van der Waals surface area (Å²) in [6, 6.07) is 13.1. The van der Waals surface area contributed by atoms with E-state index in [1.54, 1.807) is 0 Å². The monoisotopic (exact) mass is 273 g/mol. The van der Waals surface area contributed by atoms with Crippen LogP contribution in [-0.2, 0) is 0 Å². The minimum absolute atomic E-state index is 0.0668. The van der Waals surface area contributed by atoms with Crippen LogP contribution in [0, 0.1) is 11.3 Å². The number of hydrogen-bond donors (Lipinski definition) is 1. The number of para-hydroxylation sites is 1. The molecule has 1 unspecified atom stereocenters. The third-order valence-corrected chi connectivity index (χ3v) is 3.28. The van der Waals surface area contributed by atoms with Crippen molar-refractivity contribution < 1.29 is 0 Å². The van der Waals surface area contributed by atoms with E-state index in [0.29, 0.717) is 6.04 Å². The number of nitriles is 1. The van der Waals surface area contributed by atoms with Crippen molar-refractivity contribution in [2.75, 3.05) is 18.0 Å². The van der Waals surface area contributed by atoms with Gasteiger partial charge in [0.05, 0.1) is 12.1 Å². The van der Waals surface area contributed by atoms with Crippen LogP contribution in [-0.4, -0.2) is 25.2 Å². The Morgan fingerprint density at radius 2 is 1.90 bits per heavy atom. The van der Waals surface area contributed by atoms with Crippen LogP contribution in [0.4, 0.5) is 5.69 Å². The smallest absolute Gasteiger partial charge is 0.0971 e. The molecule has 1 rings (SSSR count). The van der Waals surface area contributed by atoms with Crippen LogP contribution < -0.4 is 10.2 Å². The van der Waals surface area contributed by atoms with Crippen molar-refractivity contribution in [3.05, 3.63) is 30.3 Å². The van der Waals surface area contributed by atoms with Crippen LogP contribution in [0.1, 0.15) is 40.0 Å². The van der Waals surface area contributed by atoms with Gasteiger partial charge in [-0.3, -0.25) is 5.32 Å². The zero-order chi connectivity index (χ0) is 14.8. The Hall–Kier alpha value is -1.53. The van der Waals surface area contributed by atoms with Gasteiger partial charge in [0.1, 0.15) is 0 Å². The van der Waals surface area contributed by atoms with Crippen LogP contribution in [0.25, 0.3) is 0 Å². The molecule has 0 fully saturated rings. The van der Waals surface area contributed by atoms with Gasteiger partial charge in [0, 0.05) is 24.8 Å². The molecule has 0 saturated heterocycles. The highest BCUT2D eigenvalue weighted by atomic mass is 15.1. The lowest BCUT2D eigenvalue weighted by atomic mass is 10.1. The Morgan fingerprint density at radius 3 is 2.45 bits per heavy atom. The maximum atomic E-state index is 9.20. The number of benzene rings is 1. The largest absolute Gasteiger partial charge is 0.371 e. The molecular formula is C17H27N3. The molecule has 0 aliphatic carbocycles. The number of anilines is 1. The summed E-state index contributed by atoms with van der Waals surface area (Å²) >= 11 is 0. The van der Waals surface area contributed by atoms with Crippen LogP contribution in [0.2, 0.25) is 0 Å². The molecule has 0 aliphatic rings. The molecule has 1 aromatic rings. The van der Waals surface area contributed by atoms with E-state index in [-0.39, 0.29) is 6.04 Å². The fraction of sp³-hybridized carbons (Fsp3) is 0.588. The topological polar surface area (TPSA) is 39.1 Å². The number of rotatable bonds is 9. The minimum atomic E-state index is -0.0668. The van der Waals surface area contributed by atoms with E-state index in [1.807, 2.05) is 6.07 Å². The molecule has 0 heterocycles. The highest BCUT2D eigenvalue weighted by Crippen LogP contribution is 2.15. The van der Waals surface area contributed by atoms with E-state index in [1.165, 1.54) is 18.5 Å². The maximum Gasteiger partial charge on any atom is 0.0971 e. The van der Waals surface area contributed by atoms with Crippen molar-refractivity contribution >= 4 is 5.69 Å². The van der Waals surface area contributed by atoms with E-state index < -0.39 is 0 Å². The van der Waals surface area contributed by atoms with Crippen molar-refractivity contribution in [1.82, 2.24) is 5.32 Å². The summed E-state index contributed by atoms with van der Waals surface area (Å²) in [6.45, 7) is 8.34. The summed E-state index contributed by atoms with van der Waals surface area (Å²) in [5.41, 5.74) is 1.25. The lowest BCUT2D eigenvalue weighted by Crippen LogP contribution is -2.37. The quantitative estimate of drug-likeness (QED) is 0.747. The molecule has 1 atom stereocenters. The van der Waals surface area contributed by atoms with Crippen molar-refractivity contribution in [3.8, 4) is 6.07 Å². The van der Waals surface area contributed by atoms with Crippen molar-refractivity contribution in [2.45, 2.75) is 52.1 Å². The zero-order valence-corrected chi connectivity index (χ0v) is 13.0. The fourth-order valence-electron chi connectivity index (χ4n) is 2.23. The lowest BCUT2D eigenvalue weighted by molar-refractivity contribution is 0.501. The Kier molecular flexibility index (Phi) is 7.75. The SMILES string of the molecule is CCCCN(CCC(C#N)NC(C)C)c1ccccc1. The molecule has 0 spiro atoms. The molecule has 0 amide bonds. The predicted octanol–water partition coefficient (Wildman–Crippen LogP) is 3.57. The molecule has 1 aromatic carbocycles. The average Bonchev–Trinajstić information content (AvgIpc) is 2.46. The Balaban J connectivity index is 2.59. The summed E-state index contributed by atoms with van der Waals surface area (Å²) in [7, 11) is 0. The Bertz CT molecular complexity index is 394. The molecule has 1 N–H and O–H groups in total. The third kappa shape index (κ3) is 6.08. The van der Waals surface area contributed by atoms with Gasteiger partial charge in [-0.1, -0.05) is 31.5 Å². The molecule has 3 nitrogen and oxygen atoms in total. The normalized spacial score (nSPS) is 12.2. The van der Waals surface area contributed by atoms with E-state index in [4.69, 9.17) is 0 Å². The van der Waals surface area contributed by atoms with Gasteiger partial charge >= 0.3 is 0 Å². The van der Waals surface area contributed by atoms with Crippen LogP contribution in [0.5, 0.6) is 0 Å². The molecule has 3 heteroatoms.